The van der Waals surface area contributed by atoms with Crippen molar-refractivity contribution in [1.82, 2.24) is 20.0 Å². The van der Waals surface area contributed by atoms with Gasteiger partial charge >= 0.3 is 6.09 Å². The lowest BCUT2D eigenvalue weighted by Gasteiger charge is -2.34. The number of nitrogens with zero attached hydrogens (tertiary/aromatic N) is 4. The van der Waals surface area contributed by atoms with Gasteiger partial charge in [0.2, 0.25) is 6.39 Å². The molecule has 158 valence electrons. The van der Waals surface area contributed by atoms with Crippen molar-refractivity contribution in [2.45, 2.75) is 37.7 Å². The average molecular weight is 412 g/mol. The fraction of sp³-hybridized carbons (Fsp3) is 0.524. The molecule has 2 aliphatic heterocycles. The third-order valence-corrected chi connectivity index (χ3v) is 5.98. The molecule has 0 bridgehead atoms. The minimum atomic E-state index is -0.269. The van der Waals surface area contributed by atoms with Crippen LogP contribution in [-0.2, 0) is 9.47 Å². The van der Waals surface area contributed by atoms with Gasteiger partial charge in [-0.05, 0) is 43.7 Å². The van der Waals surface area contributed by atoms with E-state index in [0.717, 1.165) is 49.0 Å². The van der Waals surface area contributed by atoms with Crippen LogP contribution in [0.5, 0.6) is 0 Å². The van der Waals surface area contributed by atoms with Crippen LogP contribution in [0.25, 0.3) is 11.0 Å². The number of fused-ring (bicyclic) bond motifs is 1. The summed E-state index contributed by atoms with van der Waals surface area (Å²) in [7, 11) is 0. The molecular formula is C21H24N4O5. The molecule has 9 nitrogen and oxygen atoms in total. The highest BCUT2D eigenvalue weighted by atomic mass is 16.6. The molecular weight excluding hydrogens is 388 g/mol. The first-order valence-corrected chi connectivity index (χ1v) is 10.4. The molecule has 5 rings (SSSR count). The van der Waals surface area contributed by atoms with E-state index in [2.05, 4.69) is 15.1 Å². The van der Waals surface area contributed by atoms with Crippen molar-refractivity contribution in [1.29, 1.82) is 0 Å². The zero-order valence-electron chi connectivity index (χ0n) is 16.6. The van der Waals surface area contributed by atoms with Crippen LogP contribution in [0.15, 0.2) is 39.9 Å². The summed E-state index contributed by atoms with van der Waals surface area (Å²) in [6.07, 6.45) is 8.17. The third-order valence-electron chi connectivity index (χ3n) is 5.98. The Morgan fingerprint density at radius 3 is 2.93 bits per heavy atom. The minimum Gasteiger partial charge on any atom is -0.460 e. The highest BCUT2D eigenvalue weighted by Gasteiger charge is 2.35. The van der Waals surface area contributed by atoms with Crippen LogP contribution in [0, 0.1) is 5.92 Å². The number of furan rings is 1. The van der Waals surface area contributed by atoms with Crippen molar-refractivity contribution in [3.8, 4) is 0 Å². The number of rotatable bonds is 5. The largest absolute Gasteiger partial charge is 0.460 e. The molecule has 0 N–H and O–H groups in total. The summed E-state index contributed by atoms with van der Waals surface area (Å²) in [5.41, 5.74) is 0.781. The zero-order chi connectivity index (χ0) is 20.3. The Balaban J connectivity index is 1.26. The van der Waals surface area contributed by atoms with Gasteiger partial charge in [-0.15, -0.1) is 0 Å². The van der Waals surface area contributed by atoms with Gasteiger partial charge in [0.1, 0.15) is 18.0 Å². The summed E-state index contributed by atoms with van der Waals surface area (Å²) < 4.78 is 22.1. The van der Waals surface area contributed by atoms with Crippen LogP contribution < -0.4 is 0 Å². The van der Waals surface area contributed by atoms with Crippen molar-refractivity contribution < 1.29 is 23.2 Å². The number of amides is 1. The molecule has 0 spiro atoms. The predicted molar refractivity (Wildman–Crippen MR) is 105 cm³/mol. The number of carbonyl (C=O) groups excluding carboxylic acids is 1. The molecule has 2 fully saturated rings. The van der Waals surface area contributed by atoms with Crippen molar-refractivity contribution in [2.75, 3.05) is 26.3 Å². The van der Waals surface area contributed by atoms with Gasteiger partial charge in [-0.25, -0.2) is 4.79 Å². The first-order chi connectivity index (χ1) is 14.8. The lowest BCUT2D eigenvalue weighted by atomic mass is 9.82. The van der Waals surface area contributed by atoms with E-state index in [1.54, 1.807) is 17.3 Å². The molecule has 2 unspecified atom stereocenters. The lowest BCUT2D eigenvalue weighted by molar-refractivity contribution is 0.0252. The van der Waals surface area contributed by atoms with Gasteiger partial charge in [0.15, 0.2) is 5.82 Å². The minimum absolute atomic E-state index is 0.0386. The van der Waals surface area contributed by atoms with E-state index < -0.39 is 0 Å². The fourth-order valence-electron chi connectivity index (χ4n) is 4.39. The van der Waals surface area contributed by atoms with Gasteiger partial charge in [-0.1, -0.05) is 5.16 Å². The summed E-state index contributed by atoms with van der Waals surface area (Å²) in [6.45, 7) is 2.32. The number of piperidine rings is 1. The number of hydrogen-bond acceptors (Lipinski definition) is 8. The Morgan fingerprint density at radius 1 is 1.30 bits per heavy atom. The second kappa shape index (κ2) is 8.43. The Hall–Kier alpha value is -2.94. The highest BCUT2D eigenvalue weighted by Crippen LogP contribution is 2.38. The number of ether oxygens (including phenoxy) is 2. The molecule has 2 aliphatic rings. The SMILES string of the molecule is O=C(OCC1CCCO1)N1CCC(C(c2ncon2)c2cc3cnccc3o2)CC1. The van der Waals surface area contributed by atoms with Crippen LogP contribution in [0.2, 0.25) is 0 Å². The van der Waals surface area contributed by atoms with E-state index in [1.807, 2.05) is 12.1 Å². The molecule has 3 aromatic rings. The normalized spacial score (nSPS) is 21.2. The maximum Gasteiger partial charge on any atom is 0.409 e. The monoisotopic (exact) mass is 412 g/mol. The molecule has 30 heavy (non-hydrogen) atoms. The Labute approximate surface area is 173 Å². The number of likely N-dealkylation sites (tertiary alicyclic amines) is 1. The number of carbonyl (C=O) groups is 1. The van der Waals surface area contributed by atoms with Crippen molar-refractivity contribution >= 4 is 17.1 Å². The Morgan fingerprint density at radius 2 is 2.20 bits per heavy atom. The summed E-state index contributed by atoms with van der Waals surface area (Å²) in [5, 5.41) is 5.03. The van der Waals surface area contributed by atoms with E-state index in [1.165, 1.54) is 6.39 Å². The molecule has 0 saturated carbocycles. The summed E-state index contributed by atoms with van der Waals surface area (Å²) in [5.74, 6) is 1.47. The van der Waals surface area contributed by atoms with Crippen molar-refractivity contribution in [3.63, 3.8) is 0 Å². The second-order valence-corrected chi connectivity index (χ2v) is 7.87. The highest BCUT2D eigenvalue weighted by molar-refractivity contribution is 5.76. The molecule has 0 aliphatic carbocycles. The number of pyridine rings is 1. The summed E-state index contributed by atoms with van der Waals surface area (Å²) in [4.78, 5) is 22.6. The first kappa shape index (κ1) is 19.0. The first-order valence-electron chi connectivity index (χ1n) is 10.4. The Kier molecular flexibility index (Phi) is 5.35. The van der Waals surface area contributed by atoms with Crippen LogP contribution in [0.1, 0.15) is 43.2 Å². The van der Waals surface area contributed by atoms with Gasteiger partial charge < -0.3 is 23.3 Å². The van der Waals surface area contributed by atoms with Gasteiger partial charge in [0.25, 0.3) is 0 Å². The molecule has 3 aromatic heterocycles. The van der Waals surface area contributed by atoms with E-state index in [4.69, 9.17) is 18.4 Å². The Bertz CT molecular complexity index is 941. The standard InChI is InChI=1S/C21H24N4O5/c26-21(28-12-16-2-1-9-27-16)25-7-4-14(5-8-25)19(20-23-13-29-24-20)18-10-15-11-22-6-3-17(15)30-18/h3,6,10-11,13-14,16,19H,1-2,4-5,7-9,12H2. The van der Waals surface area contributed by atoms with Crippen LogP contribution in [0.4, 0.5) is 4.79 Å². The smallest absolute Gasteiger partial charge is 0.409 e. The van der Waals surface area contributed by atoms with E-state index in [9.17, 15) is 4.79 Å². The predicted octanol–water partition coefficient (Wildman–Crippen LogP) is 3.37. The number of hydrogen-bond donors (Lipinski definition) is 0. The maximum absolute atomic E-state index is 12.4. The molecule has 0 aromatic carbocycles. The number of aromatic nitrogens is 3. The molecule has 5 heterocycles. The molecule has 9 heteroatoms. The van der Waals surface area contributed by atoms with Gasteiger partial charge in [-0.3, -0.25) is 4.98 Å². The van der Waals surface area contributed by atoms with E-state index in [-0.39, 0.29) is 24.0 Å². The van der Waals surface area contributed by atoms with Gasteiger partial charge in [0.05, 0.1) is 12.0 Å². The third kappa shape index (κ3) is 3.89. The molecule has 1 amide bonds. The summed E-state index contributed by atoms with van der Waals surface area (Å²) in [6, 6.07) is 3.84. The van der Waals surface area contributed by atoms with E-state index in [0.29, 0.717) is 25.5 Å². The van der Waals surface area contributed by atoms with E-state index >= 15 is 0 Å². The average Bonchev–Trinajstić information content (AvgIpc) is 3.54. The van der Waals surface area contributed by atoms with Gasteiger partial charge in [0, 0.05) is 37.5 Å². The zero-order valence-corrected chi connectivity index (χ0v) is 16.6. The van der Waals surface area contributed by atoms with Crippen LogP contribution >= 0.6 is 0 Å². The topological polar surface area (TPSA) is 104 Å². The maximum atomic E-state index is 12.4. The van der Waals surface area contributed by atoms with Crippen molar-refractivity contribution in [2.24, 2.45) is 5.92 Å². The summed E-state index contributed by atoms with van der Waals surface area (Å²) >= 11 is 0. The fourth-order valence-corrected chi connectivity index (χ4v) is 4.39. The van der Waals surface area contributed by atoms with Crippen molar-refractivity contribution in [3.05, 3.63) is 42.5 Å². The van der Waals surface area contributed by atoms with Gasteiger partial charge in [-0.2, -0.15) is 4.98 Å². The van der Waals surface area contributed by atoms with Crippen LogP contribution in [0.3, 0.4) is 0 Å². The molecule has 2 saturated heterocycles. The molecule has 0 radical (unpaired) electrons. The second-order valence-electron chi connectivity index (χ2n) is 7.87. The molecule has 2 atom stereocenters. The quantitative estimate of drug-likeness (QED) is 0.628. The lowest BCUT2D eigenvalue weighted by Crippen LogP contribution is -2.41. The van der Waals surface area contributed by atoms with Crippen LogP contribution in [-0.4, -0.2) is 58.5 Å².